The van der Waals surface area contributed by atoms with Crippen molar-refractivity contribution in [3.8, 4) is 0 Å². The number of esters is 2. The molecule has 99 heavy (non-hydrogen) atoms. The fourth-order valence-electron chi connectivity index (χ4n) is 14.5. The van der Waals surface area contributed by atoms with Crippen LogP contribution >= 0.6 is 0 Å². The van der Waals surface area contributed by atoms with E-state index in [1.54, 1.807) is 0 Å². The Kier molecular flexibility index (Phi) is 80.5. The van der Waals surface area contributed by atoms with Crippen LogP contribution in [0.2, 0.25) is 0 Å². The predicted octanol–water partition coefficient (Wildman–Crippen LogP) is 27.9. The van der Waals surface area contributed by atoms with Gasteiger partial charge in [-0.25, -0.2) is 0 Å². The van der Waals surface area contributed by atoms with E-state index in [1.165, 1.54) is 437 Å². The van der Waals surface area contributed by atoms with Crippen molar-refractivity contribution < 1.29 is 42.9 Å². The van der Waals surface area contributed by atoms with Crippen LogP contribution in [0.4, 0.5) is 0 Å². The van der Waals surface area contributed by atoms with Crippen molar-refractivity contribution in [1.82, 2.24) is 0 Å². The number of carboxylic acid groups (broad SMARTS) is 1. The first-order valence-electron chi connectivity index (χ1n) is 45.2. The van der Waals surface area contributed by atoms with Crippen LogP contribution in [0.25, 0.3) is 0 Å². The molecule has 590 valence electrons. The van der Waals surface area contributed by atoms with Crippen molar-refractivity contribution in [3.63, 3.8) is 0 Å². The molecule has 0 spiro atoms. The summed E-state index contributed by atoms with van der Waals surface area (Å²) in [4.78, 5) is 37.7. The molecule has 0 aliphatic rings. The van der Waals surface area contributed by atoms with Gasteiger partial charge in [-0.2, -0.15) is 0 Å². The van der Waals surface area contributed by atoms with Gasteiger partial charge in [0.25, 0.3) is 0 Å². The molecule has 0 saturated heterocycles. The number of unbranched alkanes of at least 4 members (excludes halogenated alkanes) is 72. The topological polar surface area (TPSA) is 111 Å². The van der Waals surface area contributed by atoms with Gasteiger partial charge in [-0.1, -0.05) is 476 Å². The van der Waals surface area contributed by atoms with Crippen LogP contribution in [0.5, 0.6) is 0 Å². The quantitative estimate of drug-likeness (QED) is 0.0256. The molecule has 0 N–H and O–H groups in total. The number of rotatable bonds is 87. The zero-order valence-electron chi connectivity index (χ0n) is 67.9. The SMILES string of the molecule is CCCCCCCCCCCCCCCCCCCCCCCCCCCCCCCCCCCCCCCCCCC(=O)OC(COC(=O)CCCCCCCCCCCCCCCCCCCCCCCCCCCCCCCCCCCC)COC(OCC[N+](C)(C)C)C(=O)[O-]. The summed E-state index contributed by atoms with van der Waals surface area (Å²) in [5.74, 6) is -2.24. The first-order chi connectivity index (χ1) is 48.6. The molecule has 0 fully saturated rings. The lowest BCUT2D eigenvalue weighted by atomic mass is 10.0. The van der Waals surface area contributed by atoms with Crippen LogP contribution in [-0.2, 0) is 33.3 Å². The van der Waals surface area contributed by atoms with Gasteiger partial charge in [0.2, 0.25) is 0 Å². The highest BCUT2D eigenvalue weighted by atomic mass is 16.7. The fourth-order valence-corrected chi connectivity index (χ4v) is 14.5. The Morgan fingerprint density at radius 1 is 0.263 bits per heavy atom. The van der Waals surface area contributed by atoms with Crippen molar-refractivity contribution in [2.45, 2.75) is 514 Å². The molecule has 0 radical (unpaired) electrons. The van der Waals surface area contributed by atoms with E-state index in [0.717, 1.165) is 38.5 Å². The van der Waals surface area contributed by atoms with Gasteiger partial charge in [0.1, 0.15) is 13.2 Å². The summed E-state index contributed by atoms with van der Waals surface area (Å²) in [5, 5.41) is 11.9. The maximum atomic E-state index is 13.0. The summed E-state index contributed by atoms with van der Waals surface area (Å²) in [6.45, 7) is 4.87. The highest BCUT2D eigenvalue weighted by Gasteiger charge is 2.22. The largest absolute Gasteiger partial charge is 0.545 e. The number of ether oxygens (including phenoxy) is 4. The van der Waals surface area contributed by atoms with Crippen LogP contribution in [-0.4, -0.2) is 82.3 Å². The van der Waals surface area contributed by atoms with Gasteiger partial charge in [-0.05, 0) is 12.8 Å². The highest BCUT2D eigenvalue weighted by molar-refractivity contribution is 5.70. The van der Waals surface area contributed by atoms with Crippen molar-refractivity contribution >= 4 is 17.9 Å². The van der Waals surface area contributed by atoms with E-state index in [2.05, 4.69) is 13.8 Å². The average molecular weight is 1400 g/mol. The van der Waals surface area contributed by atoms with Crippen molar-refractivity contribution in [1.29, 1.82) is 0 Å². The summed E-state index contributed by atoms with van der Waals surface area (Å²) in [6, 6.07) is 0. The minimum absolute atomic E-state index is 0.154. The summed E-state index contributed by atoms with van der Waals surface area (Å²) in [6.07, 6.45) is 100. The first-order valence-corrected chi connectivity index (χ1v) is 45.2. The van der Waals surface area contributed by atoms with Gasteiger partial charge >= 0.3 is 11.9 Å². The molecule has 9 heteroatoms. The molecule has 0 amide bonds. The van der Waals surface area contributed by atoms with Crippen LogP contribution in [0.3, 0.4) is 0 Å². The molecule has 0 heterocycles. The highest BCUT2D eigenvalue weighted by Crippen LogP contribution is 2.22. The first kappa shape index (κ1) is 97.3. The Morgan fingerprint density at radius 2 is 0.455 bits per heavy atom. The zero-order valence-corrected chi connectivity index (χ0v) is 67.9. The summed E-state index contributed by atoms with van der Waals surface area (Å²) in [5.41, 5.74) is 0. The Morgan fingerprint density at radius 3 is 0.646 bits per heavy atom. The van der Waals surface area contributed by atoms with E-state index in [0.29, 0.717) is 17.4 Å². The number of likely N-dealkylation sites (N-methyl/N-ethyl adjacent to an activating group) is 1. The number of quaternary nitrogens is 1. The molecular weight excluding hydrogens is 1220 g/mol. The molecule has 9 nitrogen and oxygen atoms in total. The lowest BCUT2D eigenvalue weighted by molar-refractivity contribution is -0.870. The molecule has 2 atom stereocenters. The third kappa shape index (κ3) is 83.4. The van der Waals surface area contributed by atoms with E-state index in [4.69, 9.17) is 18.9 Å². The predicted molar refractivity (Wildman–Crippen MR) is 427 cm³/mol. The minimum Gasteiger partial charge on any atom is -0.545 e. The Balaban J connectivity index is 3.87. The molecule has 0 saturated carbocycles. The van der Waals surface area contributed by atoms with E-state index in [1.807, 2.05) is 21.1 Å². The van der Waals surface area contributed by atoms with Gasteiger partial charge in [-0.3, -0.25) is 9.59 Å². The smallest absolute Gasteiger partial charge is 0.306 e. The van der Waals surface area contributed by atoms with Gasteiger partial charge in [0.05, 0.1) is 40.3 Å². The number of hydrogen-bond donors (Lipinski definition) is 0. The number of carboxylic acids is 1. The lowest BCUT2D eigenvalue weighted by Crippen LogP contribution is -2.44. The summed E-state index contributed by atoms with van der Waals surface area (Å²) >= 11 is 0. The number of nitrogens with zero attached hydrogens (tertiary/aromatic N) is 1. The van der Waals surface area contributed by atoms with E-state index in [9.17, 15) is 19.5 Å². The lowest BCUT2D eigenvalue weighted by Gasteiger charge is -2.26. The number of aliphatic carboxylic acids is 1. The van der Waals surface area contributed by atoms with Crippen molar-refractivity contribution in [3.05, 3.63) is 0 Å². The van der Waals surface area contributed by atoms with Gasteiger partial charge in [0.15, 0.2) is 12.4 Å². The standard InChI is InChI=1S/C90H177NO8/c1-6-8-10-12-14-16-18-20-22-24-26-28-30-32-34-36-38-40-42-43-44-45-46-47-49-51-53-55-57-59-61-63-65-67-69-71-73-75-77-79-81-88(93)99-86(85-98-90(89(94)95)96-83-82-91(3,4)5)84-97-87(92)80-78-76-74-72-70-68-66-64-62-60-58-56-54-52-50-48-41-39-37-35-33-31-29-27-25-23-21-19-17-15-13-11-9-7-2/h86,90H,6-85H2,1-5H3. The zero-order chi connectivity index (χ0) is 71.8. The number of carbonyl (C=O) groups excluding carboxylic acids is 3. The molecule has 0 bridgehead atoms. The third-order valence-electron chi connectivity index (χ3n) is 21.4. The average Bonchev–Trinajstić information content (AvgIpc) is 1.16. The second-order valence-electron chi connectivity index (χ2n) is 32.6. The van der Waals surface area contributed by atoms with Crippen molar-refractivity contribution in [2.75, 3.05) is 47.5 Å². The van der Waals surface area contributed by atoms with Gasteiger partial charge in [0, 0.05) is 12.8 Å². The second-order valence-corrected chi connectivity index (χ2v) is 32.6. The monoisotopic (exact) mass is 1400 g/mol. The molecule has 0 aromatic heterocycles. The van der Waals surface area contributed by atoms with Gasteiger partial charge in [-0.15, -0.1) is 0 Å². The van der Waals surface area contributed by atoms with Gasteiger partial charge < -0.3 is 33.3 Å². The van der Waals surface area contributed by atoms with E-state index >= 15 is 0 Å². The third-order valence-corrected chi connectivity index (χ3v) is 21.4. The fraction of sp³-hybridized carbons (Fsp3) is 0.967. The number of hydrogen-bond acceptors (Lipinski definition) is 8. The molecule has 0 aromatic rings. The molecule has 2 unspecified atom stereocenters. The Labute approximate surface area is 619 Å². The Hall–Kier alpha value is -1.71. The molecule has 0 aromatic carbocycles. The second kappa shape index (κ2) is 82.0. The molecule has 0 aliphatic carbocycles. The minimum atomic E-state index is -1.62. The maximum Gasteiger partial charge on any atom is 0.306 e. The summed E-state index contributed by atoms with van der Waals surface area (Å²) < 4.78 is 22.9. The molecular formula is C90H177NO8. The number of carbonyl (C=O) groups is 3. The maximum absolute atomic E-state index is 13.0. The van der Waals surface area contributed by atoms with E-state index < -0.39 is 24.3 Å². The summed E-state index contributed by atoms with van der Waals surface area (Å²) in [7, 11) is 5.96. The molecule has 0 aliphatic heterocycles. The Bertz CT molecular complexity index is 1580. The van der Waals surface area contributed by atoms with Crippen LogP contribution in [0.1, 0.15) is 502 Å². The van der Waals surface area contributed by atoms with Crippen LogP contribution in [0, 0.1) is 0 Å². The van der Waals surface area contributed by atoms with Crippen molar-refractivity contribution in [2.24, 2.45) is 0 Å². The normalized spacial score (nSPS) is 12.5. The van der Waals surface area contributed by atoms with Crippen LogP contribution < -0.4 is 5.11 Å². The van der Waals surface area contributed by atoms with Crippen LogP contribution in [0.15, 0.2) is 0 Å². The molecule has 0 rings (SSSR count). The van der Waals surface area contributed by atoms with E-state index in [-0.39, 0.29) is 32.2 Å².